The van der Waals surface area contributed by atoms with E-state index in [9.17, 15) is 14.9 Å². The Hall–Kier alpha value is -2.89. The smallest absolute Gasteiger partial charge is 0.293 e. The average molecular weight is 328 g/mol. The lowest BCUT2D eigenvalue weighted by molar-refractivity contribution is -0.384. The quantitative estimate of drug-likeness (QED) is 0.644. The van der Waals surface area contributed by atoms with Gasteiger partial charge in [-0.25, -0.2) is 0 Å². The summed E-state index contributed by atoms with van der Waals surface area (Å²) in [6.45, 7) is 5.41. The van der Waals surface area contributed by atoms with E-state index < -0.39 is 16.9 Å². The molecule has 6 nitrogen and oxygen atoms in total. The zero-order chi connectivity index (χ0) is 17.7. The zero-order valence-corrected chi connectivity index (χ0v) is 13.9. The molecule has 24 heavy (non-hydrogen) atoms. The highest BCUT2D eigenvalue weighted by Crippen LogP contribution is 2.25. The van der Waals surface area contributed by atoms with Crippen LogP contribution in [0.5, 0.6) is 5.75 Å². The van der Waals surface area contributed by atoms with Crippen molar-refractivity contribution in [1.29, 1.82) is 0 Å². The molecule has 0 radical (unpaired) electrons. The Morgan fingerprint density at radius 3 is 2.50 bits per heavy atom. The molecule has 1 N–H and O–H groups in total. The van der Waals surface area contributed by atoms with Crippen molar-refractivity contribution in [2.75, 3.05) is 5.32 Å². The third-order valence-electron chi connectivity index (χ3n) is 3.62. The normalized spacial score (nSPS) is 11.6. The largest absolute Gasteiger partial charge is 0.481 e. The summed E-state index contributed by atoms with van der Waals surface area (Å²) in [5, 5.41) is 13.7. The van der Waals surface area contributed by atoms with Crippen molar-refractivity contribution in [3.05, 3.63) is 63.7 Å². The van der Waals surface area contributed by atoms with Crippen molar-refractivity contribution < 1.29 is 14.5 Å². The fourth-order valence-corrected chi connectivity index (χ4v) is 2.19. The average Bonchev–Trinajstić information content (AvgIpc) is 2.56. The Kier molecular flexibility index (Phi) is 5.52. The van der Waals surface area contributed by atoms with Crippen LogP contribution in [0.1, 0.15) is 25.0 Å². The molecule has 0 spiro atoms. The van der Waals surface area contributed by atoms with Crippen molar-refractivity contribution in [1.82, 2.24) is 0 Å². The molecule has 0 aromatic heterocycles. The molecule has 0 heterocycles. The summed E-state index contributed by atoms with van der Waals surface area (Å²) in [4.78, 5) is 22.8. The first kappa shape index (κ1) is 17.5. The summed E-state index contributed by atoms with van der Waals surface area (Å²) in [6.07, 6.45) is 0.145. The number of benzene rings is 2. The maximum Gasteiger partial charge on any atom is 0.293 e. The van der Waals surface area contributed by atoms with Crippen molar-refractivity contribution in [3.8, 4) is 5.75 Å². The number of nitro benzene ring substituents is 1. The van der Waals surface area contributed by atoms with Gasteiger partial charge in [0, 0.05) is 6.07 Å². The van der Waals surface area contributed by atoms with Gasteiger partial charge in [0.25, 0.3) is 11.6 Å². The molecular formula is C18H20N2O4. The van der Waals surface area contributed by atoms with Gasteiger partial charge in [-0.2, -0.15) is 0 Å². The Bertz CT molecular complexity index is 741. The highest BCUT2D eigenvalue weighted by molar-refractivity contribution is 5.96. The minimum absolute atomic E-state index is 0.136. The molecule has 0 saturated carbocycles. The number of hydrogen-bond donors (Lipinski definition) is 1. The van der Waals surface area contributed by atoms with Crippen LogP contribution >= 0.6 is 0 Å². The number of ether oxygens (including phenoxy) is 1. The Morgan fingerprint density at radius 2 is 1.92 bits per heavy atom. The third kappa shape index (κ3) is 4.32. The summed E-state index contributed by atoms with van der Waals surface area (Å²) >= 11 is 0. The van der Waals surface area contributed by atoms with Crippen LogP contribution in [-0.4, -0.2) is 16.9 Å². The standard InChI is InChI=1S/C18H20N2O4/c1-4-14-6-8-15(9-7-14)24-13(3)18(21)19-16-10-5-12(2)11-17(16)20(22)23/h5-11,13H,4H2,1-3H3,(H,19,21). The molecular weight excluding hydrogens is 308 g/mol. The molecule has 0 bridgehead atoms. The van der Waals surface area contributed by atoms with Crippen LogP contribution in [0.25, 0.3) is 0 Å². The summed E-state index contributed by atoms with van der Waals surface area (Å²) in [6, 6.07) is 12.1. The van der Waals surface area contributed by atoms with Gasteiger partial charge in [-0.05, 0) is 49.6 Å². The number of aryl methyl sites for hydroxylation is 2. The number of nitrogens with zero attached hydrogens (tertiary/aromatic N) is 1. The van der Waals surface area contributed by atoms with E-state index in [4.69, 9.17) is 4.74 Å². The summed E-state index contributed by atoms with van der Waals surface area (Å²) in [7, 11) is 0. The first-order valence-corrected chi connectivity index (χ1v) is 7.72. The second-order valence-corrected chi connectivity index (χ2v) is 5.52. The van der Waals surface area contributed by atoms with Gasteiger partial charge in [-0.15, -0.1) is 0 Å². The SMILES string of the molecule is CCc1ccc(OC(C)C(=O)Nc2ccc(C)cc2[N+](=O)[O-])cc1. The maximum absolute atomic E-state index is 12.2. The molecule has 2 aromatic carbocycles. The lowest BCUT2D eigenvalue weighted by Gasteiger charge is -2.15. The van der Waals surface area contributed by atoms with E-state index in [1.165, 1.54) is 17.7 Å². The summed E-state index contributed by atoms with van der Waals surface area (Å²) < 4.78 is 5.59. The molecule has 0 aliphatic rings. The van der Waals surface area contributed by atoms with Crippen molar-refractivity contribution in [3.63, 3.8) is 0 Å². The Balaban J connectivity index is 2.07. The van der Waals surface area contributed by atoms with Crippen LogP contribution in [0.15, 0.2) is 42.5 Å². The molecule has 1 amide bonds. The predicted molar refractivity (Wildman–Crippen MR) is 92.4 cm³/mol. The maximum atomic E-state index is 12.2. The molecule has 126 valence electrons. The van der Waals surface area contributed by atoms with E-state index in [1.54, 1.807) is 32.0 Å². The van der Waals surface area contributed by atoms with Crippen LogP contribution < -0.4 is 10.1 Å². The molecule has 2 aromatic rings. The summed E-state index contributed by atoms with van der Waals surface area (Å²) in [5.41, 5.74) is 1.95. The number of hydrogen-bond acceptors (Lipinski definition) is 4. The van der Waals surface area contributed by atoms with Gasteiger partial charge in [0.15, 0.2) is 6.10 Å². The van der Waals surface area contributed by atoms with E-state index in [2.05, 4.69) is 12.2 Å². The molecule has 0 fully saturated rings. The van der Waals surface area contributed by atoms with Gasteiger partial charge < -0.3 is 10.1 Å². The van der Waals surface area contributed by atoms with Gasteiger partial charge >= 0.3 is 0 Å². The minimum atomic E-state index is -0.779. The topological polar surface area (TPSA) is 81.5 Å². The number of nitrogens with one attached hydrogen (secondary N) is 1. The summed E-state index contributed by atoms with van der Waals surface area (Å²) in [5.74, 6) is 0.134. The van der Waals surface area contributed by atoms with Crippen LogP contribution in [0.4, 0.5) is 11.4 Å². The van der Waals surface area contributed by atoms with Crippen LogP contribution in [-0.2, 0) is 11.2 Å². The monoisotopic (exact) mass is 328 g/mol. The highest BCUT2D eigenvalue weighted by Gasteiger charge is 2.20. The van der Waals surface area contributed by atoms with Gasteiger partial charge in [0.2, 0.25) is 0 Å². The molecule has 2 rings (SSSR count). The molecule has 0 aliphatic heterocycles. The number of carbonyl (C=O) groups excluding carboxylic acids is 1. The second kappa shape index (κ2) is 7.59. The first-order valence-electron chi connectivity index (χ1n) is 7.72. The third-order valence-corrected chi connectivity index (χ3v) is 3.62. The Morgan fingerprint density at radius 1 is 1.25 bits per heavy atom. The molecule has 0 aliphatic carbocycles. The van der Waals surface area contributed by atoms with E-state index in [-0.39, 0.29) is 11.4 Å². The van der Waals surface area contributed by atoms with Gasteiger partial charge in [-0.3, -0.25) is 14.9 Å². The fraction of sp³-hybridized carbons (Fsp3) is 0.278. The number of amides is 1. The van der Waals surface area contributed by atoms with E-state index in [0.29, 0.717) is 5.75 Å². The molecule has 6 heteroatoms. The molecule has 1 atom stereocenters. The molecule has 0 saturated heterocycles. The lowest BCUT2D eigenvalue weighted by Crippen LogP contribution is -2.30. The number of carbonyl (C=O) groups is 1. The van der Waals surface area contributed by atoms with Crippen molar-refractivity contribution in [2.24, 2.45) is 0 Å². The minimum Gasteiger partial charge on any atom is -0.481 e. The van der Waals surface area contributed by atoms with Crippen molar-refractivity contribution in [2.45, 2.75) is 33.3 Å². The molecule has 1 unspecified atom stereocenters. The fourth-order valence-electron chi connectivity index (χ4n) is 2.19. The van der Waals surface area contributed by atoms with Gasteiger partial charge in [-0.1, -0.05) is 25.1 Å². The van der Waals surface area contributed by atoms with E-state index in [1.807, 2.05) is 12.1 Å². The number of anilines is 1. The van der Waals surface area contributed by atoms with Gasteiger partial charge in [0.05, 0.1) is 4.92 Å². The van der Waals surface area contributed by atoms with Gasteiger partial charge in [0.1, 0.15) is 11.4 Å². The van der Waals surface area contributed by atoms with Crippen molar-refractivity contribution >= 4 is 17.3 Å². The van der Waals surface area contributed by atoms with Crippen LogP contribution in [0.3, 0.4) is 0 Å². The second-order valence-electron chi connectivity index (χ2n) is 5.52. The van der Waals surface area contributed by atoms with E-state index in [0.717, 1.165) is 12.0 Å². The van der Waals surface area contributed by atoms with Crippen LogP contribution in [0.2, 0.25) is 0 Å². The number of nitro groups is 1. The highest BCUT2D eigenvalue weighted by atomic mass is 16.6. The Labute approximate surface area is 140 Å². The van der Waals surface area contributed by atoms with Crippen LogP contribution in [0, 0.1) is 17.0 Å². The first-order chi connectivity index (χ1) is 11.4. The zero-order valence-electron chi connectivity index (χ0n) is 13.9. The van der Waals surface area contributed by atoms with E-state index >= 15 is 0 Å². The lowest BCUT2D eigenvalue weighted by atomic mass is 10.2. The number of rotatable bonds is 6. The predicted octanol–water partition coefficient (Wildman–Crippen LogP) is 3.87.